The van der Waals surface area contributed by atoms with Gasteiger partial charge in [0.15, 0.2) is 11.5 Å². The van der Waals surface area contributed by atoms with Crippen LogP contribution < -0.4 is 5.32 Å². The number of pyridine rings is 1. The van der Waals surface area contributed by atoms with Crippen LogP contribution in [0.3, 0.4) is 0 Å². The number of aryl methyl sites for hydroxylation is 1. The Balaban J connectivity index is 1.60. The van der Waals surface area contributed by atoms with Crippen molar-refractivity contribution in [3.8, 4) is 0 Å². The minimum Gasteiger partial charge on any atom is -0.382 e. The highest BCUT2D eigenvalue weighted by Gasteiger charge is 2.26. The lowest BCUT2D eigenvalue weighted by Gasteiger charge is -2.32. The second kappa shape index (κ2) is 7.18. The van der Waals surface area contributed by atoms with Crippen LogP contribution in [0.2, 0.25) is 5.02 Å². The first-order chi connectivity index (χ1) is 11.5. The summed E-state index contributed by atoms with van der Waals surface area (Å²) in [6, 6.07) is 9.85. The molecule has 0 radical (unpaired) electrons. The smallest absolute Gasteiger partial charge is 0.275 e. The van der Waals surface area contributed by atoms with E-state index in [1.165, 1.54) is 17.8 Å². The summed E-state index contributed by atoms with van der Waals surface area (Å²) in [5.41, 5.74) is 2.09. The van der Waals surface area contributed by atoms with Crippen molar-refractivity contribution in [2.75, 3.05) is 18.4 Å². The number of nitrogens with one attached hydrogen (secondary N) is 1. The number of anilines is 1. The molecule has 1 amide bonds. The van der Waals surface area contributed by atoms with Crippen LogP contribution in [0.25, 0.3) is 0 Å². The number of rotatable bonds is 3. The van der Waals surface area contributed by atoms with Gasteiger partial charge in [0, 0.05) is 31.0 Å². The Bertz CT molecular complexity index is 745. The molecule has 1 aliphatic rings. The summed E-state index contributed by atoms with van der Waals surface area (Å²) in [6.07, 6.45) is 2.97. The van der Waals surface area contributed by atoms with E-state index in [9.17, 15) is 9.18 Å². The van der Waals surface area contributed by atoms with Gasteiger partial charge in [-0.1, -0.05) is 23.7 Å². The van der Waals surface area contributed by atoms with Crippen LogP contribution in [-0.4, -0.2) is 34.9 Å². The average molecular weight is 348 g/mol. The lowest BCUT2D eigenvalue weighted by atomic mass is 10.0. The molecule has 24 heavy (non-hydrogen) atoms. The number of likely N-dealkylation sites (tertiary alicyclic amines) is 1. The van der Waals surface area contributed by atoms with E-state index in [1.807, 2.05) is 12.1 Å². The van der Waals surface area contributed by atoms with Crippen molar-refractivity contribution in [3.63, 3.8) is 0 Å². The molecule has 0 spiro atoms. The molecule has 126 valence electrons. The Labute approximate surface area is 145 Å². The summed E-state index contributed by atoms with van der Waals surface area (Å²) >= 11 is 5.73. The Kier molecular flexibility index (Phi) is 5.00. The van der Waals surface area contributed by atoms with Crippen molar-refractivity contribution in [1.82, 2.24) is 9.88 Å². The zero-order chi connectivity index (χ0) is 17.1. The molecule has 0 atom stereocenters. The van der Waals surface area contributed by atoms with E-state index >= 15 is 0 Å². The molecule has 1 N–H and O–H groups in total. The fraction of sp³-hybridized carbons (Fsp3) is 0.333. The molecule has 2 heterocycles. The Hall–Kier alpha value is -2.14. The van der Waals surface area contributed by atoms with Gasteiger partial charge in [-0.05, 0) is 43.5 Å². The normalized spacial score (nSPS) is 15.4. The largest absolute Gasteiger partial charge is 0.382 e. The van der Waals surface area contributed by atoms with Gasteiger partial charge in [-0.25, -0.2) is 9.37 Å². The Morgan fingerprint density at radius 3 is 2.79 bits per heavy atom. The maximum absolute atomic E-state index is 14.0. The number of benzene rings is 1. The van der Waals surface area contributed by atoms with Crippen LogP contribution in [0.5, 0.6) is 0 Å². The number of hydrogen-bond donors (Lipinski definition) is 1. The van der Waals surface area contributed by atoms with Crippen LogP contribution in [-0.2, 0) is 0 Å². The minimum absolute atomic E-state index is 0.0793. The number of amides is 1. The quantitative estimate of drug-likeness (QED) is 0.915. The molecule has 0 saturated carbocycles. The van der Waals surface area contributed by atoms with Gasteiger partial charge >= 0.3 is 0 Å². The van der Waals surface area contributed by atoms with Crippen molar-refractivity contribution in [1.29, 1.82) is 0 Å². The molecule has 6 heteroatoms. The lowest BCUT2D eigenvalue weighted by molar-refractivity contribution is 0.0707. The van der Waals surface area contributed by atoms with E-state index in [1.54, 1.807) is 4.90 Å². The third-order valence-corrected chi connectivity index (χ3v) is 4.51. The Morgan fingerprint density at radius 2 is 2.08 bits per heavy atom. The first-order valence-corrected chi connectivity index (χ1v) is 8.35. The summed E-state index contributed by atoms with van der Waals surface area (Å²) in [5.74, 6) is -1.15. The van der Waals surface area contributed by atoms with Gasteiger partial charge in [0.05, 0.1) is 5.02 Å². The van der Waals surface area contributed by atoms with E-state index in [4.69, 9.17) is 11.6 Å². The molecule has 1 fully saturated rings. The van der Waals surface area contributed by atoms with Crippen LogP contribution in [0.4, 0.5) is 10.1 Å². The molecular weight excluding hydrogens is 329 g/mol. The number of aromatic nitrogens is 1. The molecule has 0 bridgehead atoms. The fourth-order valence-corrected chi connectivity index (χ4v) is 3.06. The zero-order valence-electron chi connectivity index (χ0n) is 13.4. The third kappa shape index (κ3) is 3.67. The molecule has 1 aromatic heterocycles. The highest BCUT2D eigenvalue weighted by molar-refractivity contribution is 6.31. The van der Waals surface area contributed by atoms with E-state index in [0.29, 0.717) is 19.1 Å². The van der Waals surface area contributed by atoms with Gasteiger partial charge in [-0.15, -0.1) is 0 Å². The summed E-state index contributed by atoms with van der Waals surface area (Å²) in [7, 11) is 0. The highest BCUT2D eigenvalue weighted by atomic mass is 35.5. The number of nitrogens with zero attached hydrogens (tertiary/aromatic N) is 2. The van der Waals surface area contributed by atoms with Crippen LogP contribution >= 0.6 is 11.6 Å². The second-order valence-electron chi connectivity index (χ2n) is 6.04. The van der Waals surface area contributed by atoms with Gasteiger partial charge in [-0.2, -0.15) is 0 Å². The molecule has 4 nitrogen and oxygen atoms in total. The molecule has 1 saturated heterocycles. The maximum Gasteiger partial charge on any atom is 0.275 e. The summed E-state index contributed by atoms with van der Waals surface area (Å²) in [5, 5.41) is 3.41. The lowest BCUT2D eigenvalue weighted by Crippen LogP contribution is -2.43. The van der Waals surface area contributed by atoms with Crippen molar-refractivity contribution < 1.29 is 9.18 Å². The number of carbonyl (C=O) groups is 1. The minimum atomic E-state index is -0.746. The molecule has 2 aromatic rings. The van der Waals surface area contributed by atoms with Gasteiger partial charge in [0.2, 0.25) is 0 Å². The maximum atomic E-state index is 14.0. The van der Waals surface area contributed by atoms with Crippen LogP contribution in [0.1, 0.15) is 28.9 Å². The van der Waals surface area contributed by atoms with Gasteiger partial charge in [-0.3, -0.25) is 4.79 Å². The number of piperidine rings is 1. The standard InChI is InChI=1S/C18H19ClFN3O/c1-12-3-2-4-14(11-12)22-13-6-9-23(10-7-13)18(24)17-16(20)15(19)5-8-21-17/h2-5,8,11,13,22H,6-7,9-10H2,1H3. The molecule has 1 aliphatic heterocycles. The van der Waals surface area contributed by atoms with Crippen molar-refractivity contribution >= 4 is 23.2 Å². The van der Waals surface area contributed by atoms with Crippen LogP contribution in [0.15, 0.2) is 36.5 Å². The topological polar surface area (TPSA) is 45.2 Å². The average Bonchev–Trinajstić information content (AvgIpc) is 2.57. The Morgan fingerprint density at radius 1 is 1.33 bits per heavy atom. The summed E-state index contributed by atoms with van der Waals surface area (Å²) in [4.78, 5) is 17.9. The number of hydrogen-bond acceptors (Lipinski definition) is 3. The van der Waals surface area contributed by atoms with E-state index in [-0.39, 0.29) is 10.7 Å². The van der Waals surface area contributed by atoms with E-state index in [2.05, 4.69) is 29.4 Å². The summed E-state index contributed by atoms with van der Waals surface area (Å²) < 4.78 is 14.0. The predicted molar refractivity (Wildman–Crippen MR) is 92.9 cm³/mol. The SMILES string of the molecule is Cc1cccc(NC2CCN(C(=O)c3nccc(Cl)c3F)CC2)c1. The van der Waals surface area contributed by atoms with Gasteiger partial charge in [0.1, 0.15) is 0 Å². The van der Waals surface area contributed by atoms with E-state index < -0.39 is 11.7 Å². The first-order valence-electron chi connectivity index (χ1n) is 7.97. The predicted octanol–water partition coefficient (Wildman–Crippen LogP) is 3.90. The van der Waals surface area contributed by atoms with Crippen molar-refractivity contribution in [3.05, 3.63) is 58.6 Å². The third-order valence-electron chi connectivity index (χ3n) is 4.22. The highest BCUT2D eigenvalue weighted by Crippen LogP contribution is 2.21. The van der Waals surface area contributed by atoms with Crippen molar-refractivity contribution in [2.24, 2.45) is 0 Å². The molecule has 0 unspecified atom stereocenters. The summed E-state index contributed by atoms with van der Waals surface area (Å²) in [6.45, 7) is 3.19. The number of halogens is 2. The molecule has 3 rings (SSSR count). The fourth-order valence-electron chi connectivity index (χ4n) is 2.92. The molecule has 1 aromatic carbocycles. The van der Waals surface area contributed by atoms with Crippen LogP contribution in [0, 0.1) is 12.7 Å². The monoisotopic (exact) mass is 347 g/mol. The van der Waals surface area contributed by atoms with Gasteiger partial charge in [0.25, 0.3) is 5.91 Å². The first kappa shape index (κ1) is 16.7. The van der Waals surface area contributed by atoms with E-state index in [0.717, 1.165) is 18.5 Å². The second-order valence-corrected chi connectivity index (χ2v) is 6.44. The van der Waals surface area contributed by atoms with Gasteiger partial charge < -0.3 is 10.2 Å². The molecule has 0 aliphatic carbocycles. The zero-order valence-corrected chi connectivity index (χ0v) is 14.2. The number of carbonyl (C=O) groups excluding carboxylic acids is 1. The molecular formula is C18H19ClFN3O. The van der Waals surface area contributed by atoms with Crippen molar-refractivity contribution in [2.45, 2.75) is 25.8 Å².